The van der Waals surface area contributed by atoms with Crippen molar-refractivity contribution in [2.75, 3.05) is 7.05 Å². The van der Waals surface area contributed by atoms with Crippen LogP contribution in [0.2, 0.25) is 0 Å². The largest absolute Gasteiger partial charge is 0.394 e. The SMILES string of the molecule is CN/C=C(\C=N)C(C)O. The van der Waals surface area contributed by atoms with Crippen molar-refractivity contribution in [2.45, 2.75) is 13.0 Å². The molecule has 3 nitrogen and oxygen atoms in total. The minimum Gasteiger partial charge on any atom is -0.394 e. The van der Waals surface area contributed by atoms with Crippen LogP contribution in [0.4, 0.5) is 0 Å². The maximum Gasteiger partial charge on any atom is 0.0790 e. The topological polar surface area (TPSA) is 56.1 Å². The van der Waals surface area contributed by atoms with E-state index in [1.807, 2.05) is 0 Å². The lowest BCUT2D eigenvalue weighted by Crippen LogP contribution is -2.09. The molecule has 0 fully saturated rings. The van der Waals surface area contributed by atoms with Crippen LogP contribution in [-0.2, 0) is 0 Å². The first kappa shape index (κ1) is 8.17. The second-order valence-corrected chi connectivity index (χ2v) is 1.75. The van der Waals surface area contributed by atoms with Gasteiger partial charge in [-0.2, -0.15) is 0 Å². The molecular formula is C6H12N2O. The van der Waals surface area contributed by atoms with Gasteiger partial charge in [-0.15, -0.1) is 0 Å². The summed E-state index contributed by atoms with van der Waals surface area (Å²) in [5.74, 6) is 0. The molecule has 9 heavy (non-hydrogen) atoms. The van der Waals surface area contributed by atoms with Crippen LogP contribution in [0.3, 0.4) is 0 Å². The van der Waals surface area contributed by atoms with Crippen LogP contribution >= 0.6 is 0 Å². The van der Waals surface area contributed by atoms with Gasteiger partial charge in [0.15, 0.2) is 0 Å². The van der Waals surface area contributed by atoms with Gasteiger partial charge in [0.1, 0.15) is 0 Å². The molecular weight excluding hydrogens is 116 g/mol. The Morgan fingerprint density at radius 2 is 2.33 bits per heavy atom. The summed E-state index contributed by atoms with van der Waals surface area (Å²) in [6.07, 6.45) is 2.16. The van der Waals surface area contributed by atoms with E-state index in [4.69, 9.17) is 10.5 Å². The molecule has 3 N–H and O–H groups in total. The molecule has 0 aliphatic heterocycles. The first-order chi connectivity index (χ1) is 4.22. The summed E-state index contributed by atoms with van der Waals surface area (Å²) < 4.78 is 0. The molecule has 1 atom stereocenters. The number of aliphatic hydroxyl groups is 1. The van der Waals surface area contributed by atoms with Crippen molar-refractivity contribution in [1.29, 1.82) is 5.41 Å². The molecule has 0 heterocycles. The fourth-order valence-electron chi connectivity index (χ4n) is 0.450. The predicted molar refractivity (Wildman–Crippen MR) is 37.6 cm³/mol. The second kappa shape index (κ2) is 4.09. The maximum absolute atomic E-state index is 8.88. The molecule has 0 aromatic heterocycles. The zero-order valence-electron chi connectivity index (χ0n) is 5.68. The molecule has 0 bridgehead atoms. The molecule has 0 radical (unpaired) electrons. The average molecular weight is 128 g/mol. The quantitative estimate of drug-likeness (QED) is 0.473. The van der Waals surface area contributed by atoms with Crippen LogP contribution in [0.25, 0.3) is 0 Å². The molecule has 0 saturated heterocycles. The standard InChI is InChI=1S/C6H12N2O/c1-5(9)6(3-7)4-8-2/h3-5,7-9H,1-2H3/b6-4+,7-3?. The van der Waals surface area contributed by atoms with Crippen molar-refractivity contribution in [3.63, 3.8) is 0 Å². The van der Waals surface area contributed by atoms with Gasteiger partial charge in [-0.1, -0.05) is 0 Å². The van der Waals surface area contributed by atoms with E-state index in [0.29, 0.717) is 5.57 Å². The Labute approximate surface area is 54.9 Å². The summed E-state index contributed by atoms with van der Waals surface area (Å²) in [5.41, 5.74) is 0.581. The average Bonchev–Trinajstić information content (AvgIpc) is 1.82. The maximum atomic E-state index is 8.88. The molecule has 1 unspecified atom stereocenters. The Morgan fingerprint density at radius 3 is 2.44 bits per heavy atom. The first-order valence-corrected chi connectivity index (χ1v) is 2.78. The van der Waals surface area contributed by atoms with E-state index in [1.165, 1.54) is 0 Å². The van der Waals surface area contributed by atoms with Gasteiger partial charge in [0.25, 0.3) is 0 Å². The van der Waals surface area contributed by atoms with Gasteiger partial charge in [-0.3, -0.25) is 0 Å². The smallest absolute Gasteiger partial charge is 0.0790 e. The normalized spacial score (nSPS) is 14.8. The Balaban J connectivity index is 3.97. The van der Waals surface area contributed by atoms with E-state index in [0.717, 1.165) is 6.21 Å². The van der Waals surface area contributed by atoms with Gasteiger partial charge in [0, 0.05) is 25.0 Å². The van der Waals surface area contributed by atoms with E-state index in [9.17, 15) is 0 Å². The molecule has 0 aromatic rings. The van der Waals surface area contributed by atoms with Crippen molar-refractivity contribution < 1.29 is 5.11 Å². The van der Waals surface area contributed by atoms with Gasteiger partial charge in [0.2, 0.25) is 0 Å². The Hall–Kier alpha value is -0.830. The fraction of sp³-hybridized carbons (Fsp3) is 0.500. The van der Waals surface area contributed by atoms with Crippen LogP contribution in [0.5, 0.6) is 0 Å². The third-order valence-corrected chi connectivity index (χ3v) is 0.960. The van der Waals surface area contributed by atoms with Gasteiger partial charge < -0.3 is 15.8 Å². The van der Waals surface area contributed by atoms with Gasteiger partial charge >= 0.3 is 0 Å². The van der Waals surface area contributed by atoms with Gasteiger partial charge in [-0.25, -0.2) is 0 Å². The molecule has 0 aliphatic carbocycles. The molecule has 0 amide bonds. The number of hydrogen-bond donors (Lipinski definition) is 3. The number of hydrogen-bond acceptors (Lipinski definition) is 3. The van der Waals surface area contributed by atoms with Crippen molar-refractivity contribution in [3.05, 3.63) is 11.8 Å². The van der Waals surface area contributed by atoms with Crippen LogP contribution in [0.15, 0.2) is 11.8 Å². The Kier molecular flexibility index (Phi) is 3.71. The van der Waals surface area contributed by atoms with Crippen molar-refractivity contribution in [3.8, 4) is 0 Å². The number of rotatable bonds is 3. The fourth-order valence-corrected chi connectivity index (χ4v) is 0.450. The van der Waals surface area contributed by atoms with E-state index in [1.54, 1.807) is 20.2 Å². The van der Waals surface area contributed by atoms with E-state index >= 15 is 0 Å². The number of aliphatic hydroxyl groups excluding tert-OH is 1. The molecule has 0 saturated carbocycles. The Morgan fingerprint density at radius 1 is 1.78 bits per heavy atom. The van der Waals surface area contributed by atoms with Crippen LogP contribution in [-0.4, -0.2) is 24.5 Å². The highest BCUT2D eigenvalue weighted by Crippen LogP contribution is 1.94. The second-order valence-electron chi connectivity index (χ2n) is 1.75. The molecule has 0 aliphatic rings. The summed E-state index contributed by atoms with van der Waals surface area (Å²) in [4.78, 5) is 0. The summed E-state index contributed by atoms with van der Waals surface area (Å²) in [7, 11) is 1.73. The molecule has 0 aromatic carbocycles. The van der Waals surface area contributed by atoms with Crippen LogP contribution in [0, 0.1) is 5.41 Å². The lowest BCUT2D eigenvalue weighted by Gasteiger charge is -2.02. The highest BCUT2D eigenvalue weighted by molar-refractivity contribution is 5.76. The zero-order valence-corrected chi connectivity index (χ0v) is 5.68. The van der Waals surface area contributed by atoms with Gasteiger partial charge in [-0.05, 0) is 6.92 Å². The zero-order chi connectivity index (χ0) is 7.28. The van der Waals surface area contributed by atoms with Crippen LogP contribution in [0.1, 0.15) is 6.92 Å². The van der Waals surface area contributed by atoms with Crippen molar-refractivity contribution in [1.82, 2.24) is 5.32 Å². The third kappa shape index (κ3) is 2.87. The first-order valence-electron chi connectivity index (χ1n) is 2.78. The van der Waals surface area contributed by atoms with E-state index in [2.05, 4.69) is 5.32 Å². The molecule has 0 rings (SSSR count). The third-order valence-electron chi connectivity index (χ3n) is 0.960. The monoisotopic (exact) mass is 128 g/mol. The summed E-state index contributed by atoms with van der Waals surface area (Å²) in [5, 5.41) is 18.4. The minimum atomic E-state index is -0.560. The lowest BCUT2D eigenvalue weighted by molar-refractivity contribution is 0.237. The molecule has 0 spiro atoms. The predicted octanol–water partition coefficient (Wildman–Crippen LogP) is 0.120. The molecule has 3 heteroatoms. The number of nitrogens with one attached hydrogen (secondary N) is 2. The van der Waals surface area contributed by atoms with E-state index < -0.39 is 6.10 Å². The van der Waals surface area contributed by atoms with Crippen molar-refractivity contribution in [2.24, 2.45) is 0 Å². The summed E-state index contributed by atoms with van der Waals surface area (Å²) >= 11 is 0. The highest BCUT2D eigenvalue weighted by atomic mass is 16.3. The summed E-state index contributed by atoms with van der Waals surface area (Å²) in [6.45, 7) is 1.62. The van der Waals surface area contributed by atoms with Crippen LogP contribution < -0.4 is 5.32 Å². The molecule has 52 valence electrons. The Bertz CT molecular complexity index is 118. The van der Waals surface area contributed by atoms with Crippen molar-refractivity contribution >= 4 is 6.21 Å². The highest BCUT2D eigenvalue weighted by Gasteiger charge is 1.98. The van der Waals surface area contributed by atoms with E-state index in [-0.39, 0.29) is 0 Å². The lowest BCUT2D eigenvalue weighted by atomic mass is 10.2. The minimum absolute atomic E-state index is 0.560. The summed E-state index contributed by atoms with van der Waals surface area (Å²) in [6, 6.07) is 0. The van der Waals surface area contributed by atoms with Gasteiger partial charge in [0.05, 0.1) is 6.10 Å².